The highest BCUT2D eigenvalue weighted by molar-refractivity contribution is 5.72. The van der Waals surface area contributed by atoms with E-state index in [1.54, 1.807) is 0 Å². The number of fused-ring (bicyclic) bond motifs is 1. The molecule has 1 aliphatic rings. The number of para-hydroxylation sites is 2. The zero-order chi connectivity index (χ0) is 17.2. The average molecular weight is 339 g/mol. The lowest BCUT2D eigenvalue weighted by Gasteiger charge is -2.24. The second kappa shape index (κ2) is 6.96. The Morgan fingerprint density at radius 2 is 2.08 bits per heavy atom. The summed E-state index contributed by atoms with van der Waals surface area (Å²) in [7, 11) is 0. The fraction of sp³-hybridized carbons (Fsp3) is 0.526. The van der Waals surface area contributed by atoms with Crippen molar-refractivity contribution in [2.24, 2.45) is 0 Å². The molecule has 0 spiro atoms. The molecule has 1 aromatic carbocycles. The van der Waals surface area contributed by atoms with Crippen LogP contribution in [0.3, 0.4) is 0 Å². The first-order valence-electron chi connectivity index (χ1n) is 9.15. The van der Waals surface area contributed by atoms with Gasteiger partial charge in [0, 0.05) is 12.5 Å². The molecule has 0 amide bonds. The molecule has 0 N–H and O–H groups in total. The van der Waals surface area contributed by atoms with Crippen molar-refractivity contribution in [1.82, 2.24) is 24.6 Å². The second-order valence-electron chi connectivity index (χ2n) is 6.90. The quantitative estimate of drug-likeness (QED) is 0.690. The van der Waals surface area contributed by atoms with Crippen LogP contribution >= 0.6 is 0 Å². The smallest absolute Gasteiger partial charge is 0.195 e. The molecule has 0 aliphatic carbocycles. The maximum absolute atomic E-state index is 5.82. The maximum atomic E-state index is 5.82. The summed E-state index contributed by atoms with van der Waals surface area (Å²) in [5, 5.41) is 4.51. The molecule has 3 aromatic rings. The standard InChI is InChI=1S/C19H25N5O/c1-14-20-15(2)24(22-14)13-16-7-5-11-23(16)12-6-10-19-21-17-8-3-4-9-18(17)25-19/h3-4,8-9,16H,5-7,10-13H2,1-2H3. The van der Waals surface area contributed by atoms with Gasteiger partial charge in [-0.05, 0) is 58.3 Å². The number of nitrogens with zero attached hydrogens (tertiary/aromatic N) is 5. The van der Waals surface area contributed by atoms with Gasteiger partial charge in [0.25, 0.3) is 0 Å². The molecular formula is C19H25N5O. The number of hydrogen-bond donors (Lipinski definition) is 0. The first kappa shape index (κ1) is 16.3. The van der Waals surface area contributed by atoms with Crippen molar-refractivity contribution >= 4 is 11.1 Å². The van der Waals surface area contributed by atoms with E-state index < -0.39 is 0 Å². The van der Waals surface area contributed by atoms with E-state index in [1.165, 1.54) is 19.4 Å². The molecule has 1 saturated heterocycles. The lowest BCUT2D eigenvalue weighted by Crippen LogP contribution is -2.34. The molecule has 2 aromatic heterocycles. The molecule has 6 heteroatoms. The third-order valence-corrected chi connectivity index (χ3v) is 5.02. The molecule has 3 heterocycles. The lowest BCUT2D eigenvalue weighted by molar-refractivity contribution is 0.222. The van der Waals surface area contributed by atoms with E-state index in [4.69, 9.17) is 4.42 Å². The van der Waals surface area contributed by atoms with Crippen LogP contribution in [0.4, 0.5) is 0 Å². The van der Waals surface area contributed by atoms with E-state index in [0.29, 0.717) is 6.04 Å². The minimum Gasteiger partial charge on any atom is -0.441 e. The van der Waals surface area contributed by atoms with Crippen molar-refractivity contribution in [3.05, 3.63) is 41.8 Å². The summed E-state index contributed by atoms with van der Waals surface area (Å²) in [6, 6.07) is 8.52. The van der Waals surface area contributed by atoms with Crippen molar-refractivity contribution in [1.29, 1.82) is 0 Å². The Labute approximate surface area is 147 Å². The molecule has 6 nitrogen and oxygen atoms in total. The van der Waals surface area contributed by atoms with Gasteiger partial charge in [0.1, 0.15) is 17.2 Å². The van der Waals surface area contributed by atoms with E-state index in [1.807, 2.05) is 38.1 Å². The van der Waals surface area contributed by atoms with Crippen LogP contribution in [-0.4, -0.2) is 43.8 Å². The van der Waals surface area contributed by atoms with Gasteiger partial charge in [0.05, 0.1) is 6.54 Å². The zero-order valence-corrected chi connectivity index (χ0v) is 15.0. The molecule has 25 heavy (non-hydrogen) atoms. The first-order valence-corrected chi connectivity index (χ1v) is 9.15. The van der Waals surface area contributed by atoms with Gasteiger partial charge in [-0.3, -0.25) is 4.90 Å². The molecule has 132 valence electrons. The van der Waals surface area contributed by atoms with Crippen molar-refractivity contribution in [2.75, 3.05) is 13.1 Å². The summed E-state index contributed by atoms with van der Waals surface area (Å²) in [5.41, 5.74) is 1.84. The number of rotatable bonds is 6. The number of aryl methyl sites for hydroxylation is 3. The highest BCUT2D eigenvalue weighted by atomic mass is 16.3. The third kappa shape index (κ3) is 3.58. The van der Waals surface area contributed by atoms with Crippen LogP contribution in [0, 0.1) is 13.8 Å². The van der Waals surface area contributed by atoms with Gasteiger partial charge >= 0.3 is 0 Å². The van der Waals surface area contributed by atoms with Gasteiger partial charge in [-0.1, -0.05) is 12.1 Å². The van der Waals surface area contributed by atoms with E-state index in [-0.39, 0.29) is 0 Å². The molecule has 4 rings (SSSR count). The van der Waals surface area contributed by atoms with Crippen molar-refractivity contribution in [3.8, 4) is 0 Å². The number of oxazole rings is 1. The topological polar surface area (TPSA) is 60.0 Å². The summed E-state index contributed by atoms with van der Waals surface area (Å²) in [4.78, 5) is 11.6. The Morgan fingerprint density at radius 3 is 2.88 bits per heavy atom. The Bertz CT molecular complexity index is 819. The van der Waals surface area contributed by atoms with E-state index in [9.17, 15) is 0 Å². The Balaban J connectivity index is 1.33. The molecule has 0 bridgehead atoms. The predicted molar refractivity (Wildman–Crippen MR) is 96.4 cm³/mol. The predicted octanol–water partition coefficient (Wildman–Crippen LogP) is 3.13. The Hall–Kier alpha value is -2.21. The highest BCUT2D eigenvalue weighted by Gasteiger charge is 2.25. The van der Waals surface area contributed by atoms with E-state index in [0.717, 1.165) is 54.6 Å². The molecule has 1 atom stereocenters. The Morgan fingerprint density at radius 1 is 1.20 bits per heavy atom. The number of aromatic nitrogens is 4. The molecule has 1 fully saturated rings. The fourth-order valence-electron chi connectivity index (χ4n) is 3.79. The van der Waals surface area contributed by atoms with Gasteiger partial charge in [-0.15, -0.1) is 0 Å². The largest absolute Gasteiger partial charge is 0.441 e. The summed E-state index contributed by atoms with van der Waals surface area (Å²) < 4.78 is 7.88. The van der Waals surface area contributed by atoms with Crippen LogP contribution in [-0.2, 0) is 13.0 Å². The minimum atomic E-state index is 0.559. The van der Waals surface area contributed by atoms with Gasteiger partial charge < -0.3 is 4.42 Å². The van der Waals surface area contributed by atoms with Crippen LogP contribution in [0.1, 0.15) is 36.8 Å². The highest BCUT2D eigenvalue weighted by Crippen LogP contribution is 2.21. The van der Waals surface area contributed by atoms with Crippen LogP contribution in [0.25, 0.3) is 11.1 Å². The number of benzene rings is 1. The molecule has 1 unspecified atom stereocenters. The van der Waals surface area contributed by atoms with E-state index in [2.05, 4.69) is 24.6 Å². The van der Waals surface area contributed by atoms with Crippen molar-refractivity contribution < 1.29 is 4.42 Å². The number of hydrogen-bond acceptors (Lipinski definition) is 5. The fourth-order valence-corrected chi connectivity index (χ4v) is 3.79. The summed E-state index contributed by atoms with van der Waals surface area (Å²) >= 11 is 0. The molecule has 0 saturated carbocycles. The van der Waals surface area contributed by atoms with Crippen LogP contribution in [0.5, 0.6) is 0 Å². The maximum Gasteiger partial charge on any atom is 0.195 e. The summed E-state index contributed by atoms with van der Waals surface area (Å²) in [6.45, 7) is 7.18. The second-order valence-corrected chi connectivity index (χ2v) is 6.90. The third-order valence-electron chi connectivity index (χ3n) is 5.02. The first-order chi connectivity index (χ1) is 12.2. The van der Waals surface area contributed by atoms with Crippen LogP contribution < -0.4 is 0 Å². The minimum absolute atomic E-state index is 0.559. The van der Waals surface area contributed by atoms with Crippen molar-refractivity contribution in [2.45, 2.75) is 52.1 Å². The van der Waals surface area contributed by atoms with Gasteiger partial charge in [-0.25, -0.2) is 14.6 Å². The van der Waals surface area contributed by atoms with Gasteiger partial charge in [0.15, 0.2) is 11.5 Å². The van der Waals surface area contributed by atoms with Crippen molar-refractivity contribution in [3.63, 3.8) is 0 Å². The normalized spacial score (nSPS) is 18.4. The molecule has 1 aliphatic heterocycles. The van der Waals surface area contributed by atoms with Crippen LogP contribution in [0.2, 0.25) is 0 Å². The van der Waals surface area contributed by atoms with E-state index >= 15 is 0 Å². The SMILES string of the molecule is Cc1nc(C)n(CC2CCCN2CCCc2nc3ccccc3o2)n1. The van der Waals surface area contributed by atoms with Gasteiger partial charge in [-0.2, -0.15) is 5.10 Å². The monoisotopic (exact) mass is 339 g/mol. The number of likely N-dealkylation sites (tertiary alicyclic amines) is 1. The van der Waals surface area contributed by atoms with Gasteiger partial charge in [0.2, 0.25) is 0 Å². The molecule has 0 radical (unpaired) electrons. The van der Waals surface area contributed by atoms with Crippen LogP contribution in [0.15, 0.2) is 28.7 Å². The zero-order valence-electron chi connectivity index (χ0n) is 15.0. The molecular weight excluding hydrogens is 314 g/mol. The lowest BCUT2D eigenvalue weighted by atomic mass is 10.2. The average Bonchev–Trinajstić information content (AvgIpc) is 3.27. The Kier molecular flexibility index (Phi) is 4.53. The summed E-state index contributed by atoms with van der Waals surface area (Å²) in [5.74, 6) is 2.72. The summed E-state index contributed by atoms with van der Waals surface area (Å²) in [6.07, 6.45) is 4.46.